The van der Waals surface area contributed by atoms with Crippen molar-refractivity contribution in [3.05, 3.63) is 34.9 Å². The summed E-state index contributed by atoms with van der Waals surface area (Å²) in [7, 11) is 0. The van der Waals surface area contributed by atoms with Crippen LogP contribution in [-0.2, 0) is 11.2 Å². The molecule has 3 N–H and O–H groups in total. The number of amides is 1. The number of rotatable bonds is 6. The van der Waals surface area contributed by atoms with Gasteiger partial charge in [0.05, 0.1) is 6.42 Å². The second-order valence-electron chi connectivity index (χ2n) is 4.85. The van der Waals surface area contributed by atoms with E-state index in [0.717, 1.165) is 18.4 Å². The Morgan fingerprint density at radius 1 is 1.33 bits per heavy atom. The van der Waals surface area contributed by atoms with Gasteiger partial charge in [0.15, 0.2) is 0 Å². The Kier molecular flexibility index (Phi) is 5.86. The number of benzene rings is 1. The van der Waals surface area contributed by atoms with Gasteiger partial charge in [0.25, 0.3) is 0 Å². The average molecular weight is 248 g/mol. The first-order chi connectivity index (χ1) is 8.56. The number of carbonyl (C=O) groups excluding carboxylic acids is 1. The molecule has 3 heteroatoms. The highest BCUT2D eigenvalue weighted by molar-refractivity contribution is 5.78. The summed E-state index contributed by atoms with van der Waals surface area (Å²) in [6.07, 6.45) is 2.22. The van der Waals surface area contributed by atoms with Gasteiger partial charge in [-0.2, -0.15) is 0 Å². The minimum absolute atomic E-state index is 0.0820. The van der Waals surface area contributed by atoms with E-state index in [4.69, 9.17) is 5.73 Å². The zero-order valence-corrected chi connectivity index (χ0v) is 11.6. The van der Waals surface area contributed by atoms with E-state index in [0.29, 0.717) is 13.0 Å². The van der Waals surface area contributed by atoms with Gasteiger partial charge in [-0.15, -0.1) is 0 Å². The van der Waals surface area contributed by atoms with Crippen molar-refractivity contribution >= 4 is 5.91 Å². The van der Waals surface area contributed by atoms with E-state index >= 15 is 0 Å². The van der Waals surface area contributed by atoms with Gasteiger partial charge < -0.3 is 11.1 Å². The van der Waals surface area contributed by atoms with Crippen LogP contribution < -0.4 is 11.1 Å². The summed E-state index contributed by atoms with van der Waals surface area (Å²) >= 11 is 0. The van der Waals surface area contributed by atoms with Crippen molar-refractivity contribution in [3.8, 4) is 0 Å². The first kappa shape index (κ1) is 14.7. The SMILES string of the molecule is CCC(CCN)NC(=O)Cc1ccc(C)c(C)c1. The summed E-state index contributed by atoms with van der Waals surface area (Å²) < 4.78 is 0. The fraction of sp³-hybridized carbons (Fsp3) is 0.533. The molecule has 0 saturated heterocycles. The van der Waals surface area contributed by atoms with Crippen LogP contribution in [0.5, 0.6) is 0 Å². The molecule has 0 aromatic heterocycles. The summed E-state index contributed by atoms with van der Waals surface area (Å²) in [5, 5.41) is 3.03. The first-order valence-corrected chi connectivity index (χ1v) is 6.62. The van der Waals surface area contributed by atoms with E-state index < -0.39 is 0 Å². The van der Waals surface area contributed by atoms with Crippen molar-refractivity contribution in [2.75, 3.05) is 6.54 Å². The van der Waals surface area contributed by atoms with Crippen LogP contribution in [0.2, 0.25) is 0 Å². The van der Waals surface area contributed by atoms with Crippen LogP contribution in [0.3, 0.4) is 0 Å². The van der Waals surface area contributed by atoms with Crippen molar-refractivity contribution in [3.63, 3.8) is 0 Å². The molecule has 0 saturated carbocycles. The molecule has 0 aliphatic rings. The number of carbonyl (C=O) groups is 1. The number of hydrogen-bond donors (Lipinski definition) is 2. The molecule has 0 aliphatic carbocycles. The van der Waals surface area contributed by atoms with E-state index in [9.17, 15) is 4.79 Å². The molecule has 1 atom stereocenters. The topological polar surface area (TPSA) is 55.1 Å². The molecule has 0 fully saturated rings. The van der Waals surface area contributed by atoms with Gasteiger partial charge in [0.2, 0.25) is 5.91 Å². The average Bonchev–Trinajstić information content (AvgIpc) is 2.33. The molecule has 18 heavy (non-hydrogen) atoms. The Balaban J connectivity index is 2.55. The highest BCUT2D eigenvalue weighted by atomic mass is 16.1. The molecule has 3 nitrogen and oxygen atoms in total. The Bertz CT molecular complexity index is 401. The summed E-state index contributed by atoms with van der Waals surface area (Å²) in [6.45, 7) is 6.83. The molecular weight excluding hydrogens is 224 g/mol. The van der Waals surface area contributed by atoms with Crippen molar-refractivity contribution in [1.82, 2.24) is 5.32 Å². The van der Waals surface area contributed by atoms with Gasteiger partial charge in [-0.3, -0.25) is 4.79 Å². The smallest absolute Gasteiger partial charge is 0.224 e. The van der Waals surface area contributed by atoms with Crippen LogP contribution in [-0.4, -0.2) is 18.5 Å². The zero-order valence-electron chi connectivity index (χ0n) is 11.6. The van der Waals surface area contributed by atoms with E-state index in [2.05, 4.69) is 38.2 Å². The summed E-state index contributed by atoms with van der Waals surface area (Å²) in [5.41, 5.74) is 9.08. The zero-order chi connectivity index (χ0) is 13.5. The first-order valence-electron chi connectivity index (χ1n) is 6.62. The lowest BCUT2D eigenvalue weighted by atomic mass is 10.0. The number of hydrogen-bond acceptors (Lipinski definition) is 2. The minimum Gasteiger partial charge on any atom is -0.353 e. The summed E-state index contributed by atoms with van der Waals surface area (Å²) in [6, 6.07) is 6.37. The van der Waals surface area contributed by atoms with Gasteiger partial charge in [0, 0.05) is 6.04 Å². The fourth-order valence-corrected chi connectivity index (χ4v) is 1.96. The molecule has 1 aromatic carbocycles. The van der Waals surface area contributed by atoms with Crippen molar-refractivity contribution in [1.29, 1.82) is 0 Å². The number of nitrogens with one attached hydrogen (secondary N) is 1. The van der Waals surface area contributed by atoms with Gasteiger partial charge in [-0.05, 0) is 49.9 Å². The monoisotopic (exact) mass is 248 g/mol. The lowest BCUT2D eigenvalue weighted by Crippen LogP contribution is -2.36. The van der Waals surface area contributed by atoms with Crippen LogP contribution in [0.1, 0.15) is 36.5 Å². The number of aryl methyl sites for hydroxylation is 2. The lowest BCUT2D eigenvalue weighted by Gasteiger charge is -2.16. The van der Waals surface area contributed by atoms with Crippen LogP contribution in [0.15, 0.2) is 18.2 Å². The van der Waals surface area contributed by atoms with E-state index in [1.165, 1.54) is 11.1 Å². The molecule has 0 radical (unpaired) electrons. The van der Waals surface area contributed by atoms with Crippen molar-refractivity contribution < 1.29 is 4.79 Å². The van der Waals surface area contributed by atoms with E-state index in [1.807, 2.05) is 6.07 Å². The van der Waals surface area contributed by atoms with Gasteiger partial charge in [-0.25, -0.2) is 0 Å². The van der Waals surface area contributed by atoms with Crippen LogP contribution in [0.25, 0.3) is 0 Å². The molecule has 1 rings (SSSR count). The maximum absolute atomic E-state index is 11.9. The van der Waals surface area contributed by atoms with Gasteiger partial charge in [-0.1, -0.05) is 25.1 Å². The van der Waals surface area contributed by atoms with Crippen LogP contribution in [0.4, 0.5) is 0 Å². The standard InChI is InChI=1S/C15H24N2O/c1-4-14(7-8-16)17-15(18)10-13-6-5-11(2)12(3)9-13/h5-6,9,14H,4,7-8,10,16H2,1-3H3,(H,17,18). The fourth-order valence-electron chi connectivity index (χ4n) is 1.96. The molecular formula is C15H24N2O. The molecule has 1 unspecified atom stereocenters. The molecule has 1 aromatic rings. The third-order valence-corrected chi connectivity index (χ3v) is 3.31. The Morgan fingerprint density at radius 2 is 2.06 bits per heavy atom. The summed E-state index contributed by atoms with van der Waals surface area (Å²) in [4.78, 5) is 11.9. The summed E-state index contributed by atoms with van der Waals surface area (Å²) in [5.74, 6) is 0.0820. The molecule has 0 bridgehead atoms. The van der Waals surface area contributed by atoms with Gasteiger partial charge >= 0.3 is 0 Å². The quantitative estimate of drug-likeness (QED) is 0.810. The predicted octanol–water partition coefficient (Wildman–Crippen LogP) is 2.09. The van der Waals surface area contributed by atoms with Gasteiger partial charge in [0.1, 0.15) is 0 Å². The minimum atomic E-state index is 0.0820. The second-order valence-corrected chi connectivity index (χ2v) is 4.85. The van der Waals surface area contributed by atoms with Crippen molar-refractivity contribution in [2.45, 2.75) is 46.1 Å². The Hall–Kier alpha value is -1.35. The third-order valence-electron chi connectivity index (χ3n) is 3.31. The molecule has 1 amide bonds. The Morgan fingerprint density at radius 3 is 2.61 bits per heavy atom. The molecule has 0 heterocycles. The maximum atomic E-state index is 11.9. The largest absolute Gasteiger partial charge is 0.353 e. The molecule has 0 aliphatic heterocycles. The van der Waals surface area contributed by atoms with Crippen LogP contribution >= 0.6 is 0 Å². The second kappa shape index (κ2) is 7.17. The van der Waals surface area contributed by atoms with E-state index in [-0.39, 0.29) is 11.9 Å². The molecule has 100 valence electrons. The maximum Gasteiger partial charge on any atom is 0.224 e. The lowest BCUT2D eigenvalue weighted by molar-refractivity contribution is -0.121. The third kappa shape index (κ3) is 4.49. The predicted molar refractivity (Wildman–Crippen MR) is 75.5 cm³/mol. The van der Waals surface area contributed by atoms with Crippen LogP contribution in [0, 0.1) is 13.8 Å². The highest BCUT2D eigenvalue weighted by Crippen LogP contribution is 2.10. The Labute approximate surface area is 110 Å². The highest BCUT2D eigenvalue weighted by Gasteiger charge is 2.10. The van der Waals surface area contributed by atoms with Crippen molar-refractivity contribution in [2.24, 2.45) is 5.73 Å². The molecule has 0 spiro atoms. The normalized spacial score (nSPS) is 12.2. The van der Waals surface area contributed by atoms with E-state index in [1.54, 1.807) is 0 Å². The number of nitrogens with two attached hydrogens (primary N) is 1.